The van der Waals surface area contributed by atoms with E-state index in [0.717, 1.165) is 17.4 Å². The van der Waals surface area contributed by atoms with E-state index in [4.69, 9.17) is 4.74 Å². The number of alkyl halides is 2. The molecule has 0 unspecified atom stereocenters. The van der Waals surface area contributed by atoms with Crippen LogP contribution in [0.5, 0.6) is 11.5 Å². The van der Waals surface area contributed by atoms with Gasteiger partial charge in [0.05, 0.1) is 11.5 Å². The second kappa shape index (κ2) is 8.27. The summed E-state index contributed by atoms with van der Waals surface area (Å²) in [6.07, 6.45) is 0. The fourth-order valence-electron chi connectivity index (χ4n) is 2.22. The Hall–Kier alpha value is -2.90. The minimum absolute atomic E-state index is 0.364. The molecule has 0 atom stereocenters. The molecule has 0 amide bonds. The van der Waals surface area contributed by atoms with Crippen molar-refractivity contribution in [3.05, 3.63) is 58.1 Å². The van der Waals surface area contributed by atoms with E-state index < -0.39 is 23.0 Å². The summed E-state index contributed by atoms with van der Waals surface area (Å²) in [4.78, 5) is 11.9. The maximum absolute atomic E-state index is 12.4. The molecule has 0 saturated heterocycles. The maximum Gasteiger partial charge on any atom is 0.387 e. The van der Waals surface area contributed by atoms with Crippen molar-refractivity contribution in [1.82, 2.24) is 0 Å². The van der Waals surface area contributed by atoms with E-state index in [9.17, 15) is 18.9 Å². The highest BCUT2D eigenvalue weighted by atomic mass is 19.3. The van der Waals surface area contributed by atoms with E-state index in [-0.39, 0.29) is 0 Å². The Bertz CT molecular complexity index is 740. The monoisotopic (exact) mass is 352 g/mol. The number of nitro groups is 1. The van der Waals surface area contributed by atoms with Gasteiger partial charge < -0.3 is 14.4 Å². The topological polar surface area (TPSA) is 64.8 Å². The van der Waals surface area contributed by atoms with Crippen molar-refractivity contribution in [2.75, 3.05) is 25.1 Å². The molecule has 0 aliphatic heterocycles. The normalized spacial score (nSPS) is 10.6. The SMILES string of the molecule is Cc1ccccc1OCCN(C)c1ccc([N+](=O)[O-])c(OC(F)F)c1. The molecule has 6 nitrogen and oxygen atoms in total. The first-order valence-corrected chi connectivity index (χ1v) is 7.51. The van der Waals surface area contributed by atoms with Gasteiger partial charge in [-0.1, -0.05) is 18.2 Å². The Kier molecular flexibility index (Phi) is 6.10. The third-order valence-electron chi connectivity index (χ3n) is 3.57. The number of likely N-dealkylation sites (N-methyl/N-ethyl adjacent to an activating group) is 1. The van der Waals surface area contributed by atoms with Crippen molar-refractivity contribution >= 4 is 11.4 Å². The summed E-state index contributed by atoms with van der Waals surface area (Å²) >= 11 is 0. The highest BCUT2D eigenvalue weighted by Gasteiger charge is 2.20. The number of ether oxygens (including phenoxy) is 2. The Morgan fingerprint density at radius 2 is 1.92 bits per heavy atom. The first-order valence-electron chi connectivity index (χ1n) is 7.51. The first-order chi connectivity index (χ1) is 11.9. The standard InChI is InChI=1S/C17H18F2N2O4/c1-12-5-3-4-6-15(12)24-10-9-20(2)13-7-8-14(21(22)23)16(11-13)25-17(18)19/h3-8,11,17H,9-10H2,1-2H3. The maximum atomic E-state index is 12.4. The van der Waals surface area contributed by atoms with Gasteiger partial charge in [0, 0.05) is 24.9 Å². The Labute approximate surface area is 143 Å². The second-order valence-corrected chi connectivity index (χ2v) is 5.32. The first kappa shape index (κ1) is 18.4. The molecule has 25 heavy (non-hydrogen) atoms. The summed E-state index contributed by atoms with van der Waals surface area (Å²) in [5, 5.41) is 10.9. The van der Waals surface area contributed by atoms with Gasteiger partial charge in [-0.25, -0.2) is 0 Å². The molecule has 2 aromatic rings. The lowest BCUT2D eigenvalue weighted by molar-refractivity contribution is -0.386. The second-order valence-electron chi connectivity index (χ2n) is 5.32. The van der Waals surface area contributed by atoms with Crippen LogP contribution in [0.2, 0.25) is 0 Å². The van der Waals surface area contributed by atoms with E-state index in [1.165, 1.54) is 12.1 Å². The number of anilines is 1. The summed E-state index contributed by atoms with van der Waals surface area (Å²) in [7, 11) is 1.73. The average molecular weight is 352 g/mol. The van der Waals surface area contributed by atoms with E-state index in [1.807, 2.05) is 31.2 Å². The molecule has 0 bridgehead atoms. The van der Waals surface area contributed by atoms with Crippen LogP contribution in [0, 0.1) is 17.0 Å². The molecule has 0 radical (unpaired) electrons. The zero-order valence-electron chi connectivity index (χ0n) is 13.8. The van der Waals surface area contributed by atoms with Gasteiger partial charge in [0.25, 0.3) is 0 Å². The fraction of sp³-hybridized carbons (Fsp3) is 0.294. The molecule has 134 valence electrons. The molecular formula is C17H18F2N2O4. The minimum Gasteiger partial charge on any atom is -0.491 e. The molecule has 0 saturated carbocycles. The van der Waals surface area contributed by atoms with Crippen molar-refractivity contribution in [3.63, 3.8) is 0 Å². The molecule has 0 aliphatic rings. The molecule has 8 heteroatoms. The van der Waals surface area contributed by atoms with Gasteiger partial charge >= 0.3 is 12.3 Å². The van der Waals surface area contributed by atoms with E-state index >= 15 is 0 Å². The predicted molar refractivity (Wildman–Crippen MR) is 89.7 cm³/mol. The van der Waals surface area contributed by atoms with E-state index in [2.05, 4.69) is 4.74 Å². The molecule has 0 aliphatic carbocycles. The van der Waals surface area contributed by atoms with Crippen LogP contribution in [0.3, 0.4) is 0 Å². The number of nitrogens with zero attached hydrogens (tertiary/aromatic N) is 2. The predicted octanol–water partition coefficient (Wildman–Crippen LogP) is 4.02. The zero-order valence-corrected chi connectivity index (χ0v) is 13.8. The molecular weight excluding hydrogens is 334 g/mol. The van der Waals surface area contributed by atoms with Crippen molar-refractivity contribution in [3.8, 4) is 11.5 Å². The lowest BCUT2D eigenvalue weighted by atomic mass is 10.2. The average Bonchev–Trinajstić information content (AvgIpc) is 2.55. The van der Waals surface area contributed by atoms with Gasteiger partial charge in [0.15, 0.2) is 0 Å². The third-order valence-corrected chi connectivity index (χ3v) is 3.57. The zero-order chi connectivity index (χ0) is 18.4. The minimum atomic E-state index is -3.14. The van der Waals surface area contributed by atoms with Crippen molar-refractivity contribution < 1.29 is 23.2 Å². The Morgan fingerprint density at radius 1 is 1.20 bits per heavy atom. The highest BCUT2D eigenvalue weighted by molar-refractivity contribution is 5.59. The van der Waals surface area contributed by atoms with E-state index in [0.29, 0.717) is 18.8 Å². The lowest BCUT2D eigenvalue weighted by Gasteiger charge is -2.20. The molecule has 0 fully saturated rings. The number of halogens is 2. The van der Waals surface area contributed by atoms with E-state index in [1.54, 1.807) is 11.9 Å². The number of nitro benzene ring substituents is 1. The molecule has 0 N–H and O–H groups in total. The molecule has 2 aromatic carbocycles. The fourth-order valence-corrected chi connectivity index (χ4v) is 2.22. The van der Waals surface area contributed by atoms with Crippen molar-refractivity contribution in [2.24, 2.45) is 0 Å². The number of benzene rings is 2. The summed E-state index contributed by atoms with van der Waals surface area (Å²) < 4.78 is 34.8. The van der Waals surface area contributed by atoms with Crippen LogP contribution in [0.4, 0.5) is 20.2 Å². The number of hydrogen-bond acceptors (Lipinski definition) is 5. The molecule has 2 rings (SSSR count). The summed E-state index contributed by atoms with van der Waals surface area (Å²) in [5.74, 6) is 0.297. The number of hydrogen-bond donors (Lipinski definition) is 0. The van der Waals surface area contributed by atoms with Gasteiger partial charge in [-0.15, -0.1) is 0 Å². The van der Waals surface area contributed by atoms with Crippen LogP contribution < -0.4 is 14.4 Å². The number of aryl methyl sites for hydroxylation is 1. The quantitative estimate of drug-likeness (QED) is 0.530. The van der Waals surface area contributed by atoms with Gasteiger partial charge in [0.1, 0.15) is 12.4 Å². The van der Waals surface area contributed by atoms with Gasteiger partial charge in [-0.05, 0) is 24.6 Å². The van der Waals surface area contributed by atoms with Gasteiger partial charge in [-0.2, -0.15) is 8.78 Å². The van der Waals surface area contributed by atoms with Crippen LogP contribution in [0.1, 0.15) is 5.56 Å². The van der Waals surface area contributed by atoms with Gasteiger partial charge in [0.2, 0.25) is 5.75 Å². The summed E-state index contributed by atoms with van der Waals surface area (Å²) in [6.45, 7) is -0.379. The Balaban J connectivity index is 2.04. The molecule has 0 aromatic heterocycles. The molecule has 0 spiro atoms. The smallest absolute Gasteiger partial charge is 0.387 e. The molecule has 0 heterocycles. The highest BCUT2D eigenvalue weighted by Crippen LogP contribution is 2.32. The van der Waals surface area contributed by atoms with Crippen molar-refractivity contribution in [1.29, 1.82) is 0 Å². The Morgan fingerprint density at radius 3 is 2.56 bits per heavy atom. The largest absolute Gasteiger partial charge is 0.491 e. The van der Waals surface area contributed by atoms with Crippen LogP contribution in [-0.4, -0.2) is 31.7 Å². The summed E-state index contributed by atoms with van der Waals surface area (Å²) in [6, 6.07) is 11.4. The van der Waals surface area contributed by atoms with Gasteiger partial charge in [-0.3, -0.25) is 10.1 Å². The lowest BCUT2D eigenvalue weighted by Crippen LogP contribution is -2.24. The van der Waals surface area contributed by atoms with Crippen LogP contribution in [0.15, 0.2) is 42.5 Å². The van der Waals surface area contributed by atoms with Crippen LogP contribution >= 0.6 is 0 Å². The van der Waals surface area contributed by atoms with Crippen LogP contribution in [0.25, 0.3) is 0 Å². The van der Waals surface area contributed by atoms with Crippen molar-refractivity contribution in [2.45, 2.75) is 13.5 Å². The van der Waals surface area contributed by atoms with Crippen LogP contribution in [-0.2, 0) is 0 Å². The number of para-hydroxylation sites is 1. The third kappa shape index (κ3) is 5.03. The summed E-state index contributed by atoms with van der Waals surface area (Å²) in [5.41, 5.74) is 1.01. The number of rotatable bonds is 8.